The molecule has 1 nitrogen and oxygen atoms in total. The van der Waals surface area contributed by atoms with Crippen molar-refractivity contribution < 1.29 is 4.79 Å². The van der Waals surface area contributed by atoms with Crippen LogP contribution in [0.15, 0.2) is 24.3 Å². The van der Waals surface area contributed by atoms with Gasteiger partial charge in [0.05, 0.1) is 0 Å². The first-order chi connectivity index (χ1) is 7.31. The van der Waals surface area contributed by atoms with Crippen LogP contribution in [0.4, 0.5) is 0 Å². The number of Topliss-reactive ketones (excluding diaryl/α,β-unsaturated/α-hetero) is 1. The van der Waals surface area contributed by atoms with Crippen LogP contribution in [0.25, 0.3) is 0 Å². The summed E-state index contributed by atoms with van der Waals surface area (Å²) in [6, 6.07) is 8.62. The van der Waals surface area contributed by atoms with E-state index in [0.29, 0.717) is 5.78 Å². The van der Waals surface area contributed by atoms with E-state index in [0.717, 1.165) is 25.7 Å². The zero-order valence-electron chi connectivity index (χ0n) is 9.33. The third-order valence-electron chi connectivity index (χ3n) is 3.23. The number of carbonyl (C=O) groups is 1. The Labute approximate surface area is 91.5 Å². The van der Waals surface area contributed by atoms with E-state index in [2.05, 4.69) is 31.2 Å². The van der Waals surface area contributed by atoms with Gasteiger partial charge in [-0.2, -0.15) is 0 Å². The summed E-state index contributed by atoms with van der Waals surface area (Å²) in [5.74, 6) is 0.624. The van der Waals surface area contributed by atoms with E-state index in [1.165, 1.54) is 17.5 Å². The molecule has 1 saturated carbocycles. The van der Waals surface area contributed by atoms with E-state index < -0.39 is 0 Å². The van der Waals surface area contributed by atoms with E-state index in [-0.39, 0.29) is 5.92 Å². The molecule has 0 aliphatic heterocycles. The highest BCUT2D eigenvalue weighted by atomic mass is 16.1. The number of aryl methyl sites for hydroxylation is 1. The Morgan fingerprint density at radius 3 is 2.53 bits per heavy atom. The third-order valence-corrected chi connectivity index (χ3v) is 3.23. The molecule has 1 aromatic carbocycles. The van der Waals surface area contributed by atoms with Crippen molar-refractivity contribution >= 4 is 5.78 Å². The van der Waals surface area contributed by atoms with Crippen molar-refractivity contribution in [3.8, 4) is 0 Å². The molecule has 0 radical (unpaired) electrons. The predicted octanol–water partition coefficient (Wildman–Crippen LogP) is 3.48. The fourth-order valence-electron chi connectivity index (χ4n) is 2.37. The quantitative estimate of drug-likeness (QED) is 0.733. The van der Waals surface area contributed by atoms with Crippen LogP contribution in [0.2, 0.25) is 0 Å². The van der Waals surface area contributed by atoms with E-state index in [1.807, 2.05) is 0 Å². The van der Waals surface area contributed by atoms with E-state index in [9.17, 15) is 4.79 Å². The van der Waals surface area contributed by atoms with Gasteiger partial charge in [-0.25, -0.2) is 0 Å². The lowest BCUT2D eigenvalue weighted by Gasteiger charge is -2.08. The summed E-state index contributed by atoms with van der Waals surface area (Å²) in [6.45, 7) is 2.19. The van der Waals surface area contributed by atoms with Crippen LogP contribution in [-0.2, 0) is 11.2 Å². The van der Waals surface area contributed by atoms with Crippen LogP contribution >= 0.6 is 0 Å². The molecule has 1 atom stereocenters. The lowest BCUT2D eigenvalue weighted by atomic mass is 9.95. The molecule has 15 heavy (non-hydrogen) atoms. The zero-order valence-corrected chi connectivity index (χ0v) is 9.33. The molecule has 1 aliphatic carbocycles. The van der Waals surface area contributed by atoms with Crippen LogP contribution in [0.5, 0.6) is 0 Å². The number of rotatable bonds is 3. The van der Waals surface area contributed by atoms with Crippen molar-refractivity contribution in [2.45, 2.75) is 44.9 Å². The van der Waals surface area contributed by atoms with Crippen molar-refractivity contribution in [2.75, 3.05) is 0 Å². The van der Waals surface area contributed by atoms with Crippen molar-refractivity contribution in [1.29, 1.82) is 0 Å². The lowest BCUT2D eigenvalue weighted by Crippen LogP contribution is -2.03. The summed E-state index contributed by atoms with van der Waals surface area (Å²) >= 11 is 0. The minimum Gasteiger partial charge on any atom is -0.299 e. The van der Waals surface area contributed by atoms with Gasteiger partial charge in [0.1, 0.15) is 5.78 Å². The van der Waals surface area contributed by atoms with E-state index in [4.69, 9.17) is 0 Å². The third kappa shape index (κ3) is 2.28. The number of hydrogen-bond donors (Lipinski definition) is 0. The Morgan fingerprint density at radius 2 is 2.00 bits per heavy atom. The van der Waals surface area contributed by atoms with Gasteiger partial charge in [0.25, 0.3) is 0 Å². The minimum atomic E-state index is 0.195. The van der Waals surface area contributed by atoms with Gasteiger partial charge in [-0.3, -0.25) is 4.79 Å². The van der Waals surface area contributed by atoms with Gasteiger partial charge in [0.2, 0.25) is 0 Å². The maximum absolute atomic E-state index is 11.6. The monoisotopic (exact) mass is 202 g/mol. The lowest BCUT2D eigenvalue weighted by molar-refractivity contribution is -0.118. The normalized spacial score (nSPS) is 20.9. The molecular weight excluding hydrogens is 184 g/mol. The van der Waals surface area contributed by atoms with Crippen LogP contribution in [-0.4, -0.2) is 5.78 Å². The summed E-state index contributed by atoms with van der Waals surface area (Å²) in [5, 5.41) is 0. The summed E-state index contributed by atoms with van der Waals surface area (Å²) in [4.78, 5) is 11.6. The Morgan fingerprint density at radius 1 is 1.27 bits per heavy atom. The number of benzene rings is 1. The van der Waals surface area contributed by atoms with Crippen molar-refractivity contribution in [1.82, 2.24) is 0 Å². The van der Waals surface area contributed by atoms with Gasteiger partial charge in [-0.05, 0) is 30.4 Å². The molecule has 1 unspecified atom stereocenters. The maximum atomic E-state index is 11.6. The standard InChI is InChI=1S/C14H18O/c1-2-4-11-7-9-12(10-8-11)13-5-3-6-14(13)15/h7-10,13H,2-6H2,1H3. The summed E-state index contributed by atoms with van der Waals surface area (Å²) in [6.07, 6.45) is 5.22. The van der Waals surface area contributed by atoms with E-state index >= 15 is 0 Å². The Hall–Kier alpha value is -1.11. The number of hydrogen-bond acceptors (Lipinski definition) is 1. The molecular formula is C14H18O. The topological polar surface area (TPSA) is 17.1 Å². The smallest absolute Gasteiger partial charge is 0.140 e. The molecule has 80 valence electrons. The molecule has 0 amide bonds. The van der Waals surface area contributed by atoms with Crippen molar-refractivity contribution in [2.24, 2.45) is 0 Å². The zero-order chi connectivity index (χ0) is 10.7. The summed E-state index contributed by atoms with van der Waals surface area (Å²) in [7, 11) is 0. The molecule has 2 rings (SSSR count). The van der Waals surface area contributed by atoms with Gasteiger partial charge < -0.3 is 0 Å². The second kappa shape index (κ2) is 4.61. The van der Waals surface area contributed by atoms with Gasteiger partial charge >= 0.3 is 0 Å². The fraction of sp³-hybridized carbons (Fsp3) is 0.500. The Balaban J connectivity index is 2.12. The number of ketones is 1. The molecule has 1 fully saturated rings. The summed E-state index contributed by atoms with van der Waals surface area (Å²) in [5.41, 5.74) is 2.60. The predicted molar refractivity (Wildman–Crippen MR) is 62.0 cm³/mol. The minimum absolute atomic E-state index is 0.195. The molecule has 0 heterocycles. The van der Waals surface area contributed by atoms with Crippen LogP contribution in [0.1, 0.15) is 49.7 Å². The second-order valence-corrected chi connectivity index (χ2v) is 4.40. The van der Waals surface area contributed by atoms with Gasteiger partial charge in [-0.15, -0.1) is 0 Å². The highest BCUT2D eigenvalue weighted by Crippen LogP contribution is 2.31. The second-order valence-electron chi connectivity index (χ2n) is 4.40. The first-order valence-electron chi connectivity index (χ1n) is 5.93. The molecule has 0 N–H and O–H groups in total. The highest BCUT2D eigenvalue weighted by Gasteiger charge is 2.25. The maximum Gasteiger partial charge on any atom is 0.140 e. The first kappa shape index (κ1) is 10.4. The Kier molecular flexibility index (Phi) is 3.20. The van der Waals surface area contributed by atoms with E-state index in [1.54, 1.807) is 0 Å². The van der Waals surface area contributed by atoms with Crippen LogP contribution < -0.4 is 0 Å². The van der Waals surface area contributed by atoms with Crippen molar-refractivity contribution in [3.63, 3.8) is 0 Å². The molecule has 1 heteroatoms. The molecule has 1 aromatic rings. The van der Waals surface area contributed by atoms with Gasteiger partial charge in [0.15, 0.2) is 0 Å². The highest BCUT2D eigenvalue weighted by molar-refractivity contribution is 5.87. The molecule has 0 spiro atoms. The van der Waals surface area contributed by atoms with Crippen LogP contribution in [0.3, 0.4) is 0 Å². The average Bonchev–Trinajstić information content (AvgIpc) is 2.66. The molecule has 0 aromatic heterocycles. The van der Waals surface area contributed by atoms with Gasteiger partial charge in [0, 0.05) is 12.3 Å². The van der Waals surface area contributed by atoms with Crippen LogP contribution in [0, 0.1) is 0 Å². The molecule has 0 bridgehead atoms. The Bertz CT molecular complexity index is 337. The fourth-order valence-corrected chi connectivity index (χ4v) is 2.37. The number of carbonyl (C=O) groups excluding carboxylic acids is 1. The molecule has 1 aliphatic rings. The average molecular weight is 202 g/mol. The summed E-state index contributed by atoms with van der Waals surface area (Å²) < 4.78 is 0. The van der Waals surface area contributed by atoms with Crippen molar-refractivity contribution in [3.05, 3.63) is 35.4 Å². The largest absolute Gasteiger partial charge is 0.299 e. The SMILES string of the molecule is CCCc1ccc(C2CCCC2=O)cc1. The van der Waals surface area contributed by atoms with Gasteiger partial charge in [-0.1, -0.05) is 37.6 Å². The molecule has 0 saturated heterocycles. The first-order valence-corrected chi connectivity index (χ1v) is 5.93.